The monoisotopic (exact) mass is 238 g/mol. The van der Waals surface area contributed by atoms with Crippen LogP contribution in [0.15, 0.2) is 17.1 Å². The minimum atomic E-state index is -0.628. The summed E-state index contributed by atoms with van der Waals surface area (Å²) in [5, 5.41) is 2.20. The first-order valence-corrected chi connectivity index (χ1v) is 4.68. The number of hydrogen-bond acceptors (Lipinski definition) is 5. The second-order valence-corrected chi connectivity index (χ2v) is 2.98. The molecule has 16 heavy (non-hydrogen) atoms. The summed E-state index contributed by atoms with van der Waals surface area (Å²) in [5.41, 5.74) is 5.83. The van der Waals surface area contributed by atoms with Gasteiger partial charge in [-0.05, 0) is 18.3 Å². The van der Waals surface area contributed by atoms with Gasteiger partial charge in [-0.3, -0.25) is 4.79 Å². The average molecular weight is 238 g/mol. The van der Waals surface area contributed by atoms with E-state index in [1.165, 1.54) is 20.3 Å². The molecule has 0 radical (unpaired) electrons. The van der Waals surface area contributed by atoms with Crippen LogP contribution in [0.5, 0.6) is 11.5 Å². The van der Waals surface area contributed by atoms with Crippen LogP contribution in [0.3, 0.4) is 0 Å². The third-order valence-electron chi connectivity index (χ3n) is 1.90. The van der Waals surface area contributed by atoms with E-state index in [0.29, 0.717) is 11.4 Å². The van der Waals surface area contributed by atoms with Crippen molar-refractivity contribution in [2.75, 3.05) is 14.2 Å². The highest BCUT2D eigenvalue weighted by Crippen LogP contribution is 2.35. The molecule has 1 aromatic carbocycles. The van der Waals surface area contributed by atoms with E-state index in [1.807, 2.05) is 0 Å². The lowest BCUT2D eigenvalue weighted by atomic mass is 10.1. The van der Waals surface area contributed by atoms with Crippen LogP contribution in [0, 0.1) is 0 Å². The van der Waals surface area contributed by atoms with Crippen LogP contribution in [-0.2, 0) is 0 Å². The molecule has 0 bridgehead atoms. The largest absolute Gasteiger partial charge is 0.493 e. The quantitative estimate of drug-likeness (QED) is 0.637. The lowest BCUT2D eigenvalue weighted by Crippen LogP contribution is -2.12. The zero-order valence-electron chi connectivity index (χ0n) is 8.81. The molecule has 0 aliphatic rings. The third kappa shape index (κ3) is 2.36. The summed E-state index contributed by atoms with van der Waals surface area (Å²) in [6, 6.07) is 3.04. The van der Waals surface area contributed by atoms with Gasteiger partial charge in [-0.1, -0.05) is 0 Å². The van der Waals surface area contributed by atoms with Crippen molar-refractivity contribution >= 4 is 29.0 Å². The molecular formula is C10H10N2O3S. The number of primary amides is 1. The Balaban J connectivity index is 3.48. The summed E-state index contributed by atoms with van der Waals surface area (Å²) in [4.78, 5) is 15.0. The number of nitrogens with two attached hydrogens (primary N) is 1. The Morgan fingerprint density at radius 1 is 1.44 bits per heavy atom. The van der Waals surface area contributed by atoms with Crippen molar-refractivity contribution in [3.8, 4) is 11.5 Å². The van der Waals surface area contributed by atoms with Crippen molar-refractivity contribution in [1.82, 2.24) is 0 Å². The molecule has 1 rings (SSSR count). The first kappa shape index (κ1) is 12.2. The maximum absolute atomic E-state index is 11.2. The van der Waals surface area contributed by atoms with E-state index in [9.17, 15) is 4.79 Å². The van der Waals surface area contributed by atoms with Crippen molar-refractivity contribution in [3.05, 3.63) is 17.7 Å². The minimum Gasteiger partial charge on any atom is -0.493 e. The number of thiocarbonyl (C=S) groups is 1. The molecule has 1 aromatic rings. The molecule has 2 N–H and O–H groups in total. The molecule has 0 spiro atoms. The Morgan fingerprint density at radius 3 is 2.56 bits per heavy atom. The summed E-state index contributed by atoms with van der Waals surface area (Å²) in [5.74, 6) is 0.0117. The number of ether oxygens (including phenoxy) is 2. The molecule has 0 aliphatic heterocycles. The molecule has 0 unspecified atom stereocenters. The van der Waals surface area contributed by atoms with Gasteiger partial charge in [0.1, 0.15) is 0 Å². The maximum atomic E-state index is 11.2. The smallest absolute Gasteiger partial charge is 0.252 e. The number of isothiocyanates is 1. The summed E-state index contributed by atoms with van der Waals surface area (Å²) in [6.07, 6.45) is 0. The zero-order valence-corrected chi connectivity index (χ0v) is 9.63. The lowest BCUT2D eigenvalue weighted by molar-refractivity contribution is 0.0997. The number of benzene rings is 1. The normalized spacial score (nSPS) is 9.12. The van der Waals surface area contributed by atoms with Crippen LogP contribution in [-0.4, -0.2) is 25.3 Å². The Morgan fingerprint density at radius 2 is 2.12 bits per heavy atom. The molecule has 5 nitrogen and oxygen atoms in total. The van der Waals surface area contributed by atoms with Gasteiger partial charge >= 0.3 is 0 Å². The molecular weight excluding hydrogens is 228 g/mol. The number of nitrogens with zero attached hydrogens (tertiary/aromatic N) is 1. The average Bonchev–Trinajstić information content (AvgIpc) is 2.28. The highest BCUT2D eigenvalue weighted by Gasteiger charge is 2.16. The molecule has 0 saturated carbocycles. The highest BCUT2D eigenvalue weighted by molar-refractivity contribution is 7.78. The molecule has 0 aromatic heterocycles. The van der Waals surface area contributed by atoms with Gasteiger partial charge in [0, 0.05) is 6.07 Å². The van der Waals surface area contributed by atoms with Gasteiger partial charge in [-0.25, -0.2) is 0 Å². The van der Waals surface area contributed by atoms with Crippen LogP contribution < -0.4 is 15.2 Å². The Kier molecular flexibility index (Phi) is 3.99. The van der Waals surface area contributed by atoms with E-state index in [4.69, 9.17) is 15.2 Å². The Hall–Kier alpha value is -1.91. The number of methoxy groups -OCH3 is 2. The number of rotatable bonds is 4. The van der Waals surface area contributed by atoms with Crippen molar-refractivity contribution in [3.63, 3.8) is 0 Å². The fraction of sp³-hybridized carbons (Fsp3) is 0.200. The fourth-order valence-electron chi connectivity index (χ4n) is 1.25. The predicted molar refractivity (Wildman–Crippen MR) is 62.7 cm³/mol. The number of aliphatic imine (C=N–C) groups is 1. The number of carbonyl (C=O) groups is 1. The topological polar surface area (TPSA) is 73.9 Å². The standard InChI is InChI=1S/C10H10N2O3S/c1-14-8-4-6(12-5-16)3-7(10(11)13)9(8)15-2/h3-4H,1-2H3,(H2,11,13). The van der Waals surface area contributed by atoms with Crippen LogP contribution in [0.25, 0.3) is 0 Å². The van der Waals surface area contributed by atoms with Crippen molar-refractivity contribution in [1.29, 1.82) is 0 Å². The van der Waals surface area contributed by atoms with Gasteiger partial charge in [0.05, 0.1) is 30.6 Å². The van der Waals surface area contributed by atoms with E-state index < -0.39 is 5.91 Å². The van der Waals surface area contributed by atoms with Crippen LogP contribution in [0.1, 0.15) is 10.4 Å². The van der Waals surface area contributed by atoms with Gasteiger partial charge in [-0.2, -0.15) is 4.99 Å². The Labute approximate surface area is 97.9 Å². The van der Waals surface area contributed by atoms with Gasteiger partial charge < -0.3 is 15.2 Å². The second-order valence-electron chi connectivity index (χ2n) is 2.80. The summed E-state index contributed by atoms with van der Waals surface area (Å²) >= 11 is 4.48. The number of amides is 1. The Bertz CT molecular complexity index is 467. The van der Waals surface area contributed by atoms with Gasteiger partial charge in [0.2, 0.25) is 0 Å². The minimum absolute atomic E-state index is 0.186. The third-order valence-corrected chi connectivity index (χ3v) is 2.00. The van der Waals surface area contributed by atoms with E-state index in [2.05, 4.69) is 22.4 Å². The van der Waals surface area contributed by atoms with Gasteiger partial charge in [0.25, 0.3) is 5.91 Å². The van der Waals surface area contributed by atoms with E-state index in [0.717, 1.165) is 0 Å². The number of hydrogen-bond donors (Lipinski definition) is 1. The van der Waals surface area contributed by atoms with Gasteiger partial charge in [0.15, 0.2) is 11.5 Å². The molecule has 0 fully saturated rings. The molecule has 0 atom stereocenters. The summed E-state index contributed by atoms with van der Waals surface area (Å²) < 4.78 is 10.1. The predicted octanol–water partition coefficient (Wildman–Crippen LogP) is 1.54. The SMILES string of the molecule is COc1cc(N=C=S)cc(C(N)=O)c1OC. The van der Waals surface area contributed by atoms with E-state index in [1.54, 1.807) is 6.07 Å². The summed E-state index contributed by atoms with van der Waals surface area (Å²) in [7, 11) is 2.87. The highest BCUT2D eigenvalue weighted by atomic mass is 32.1. The first-order chi connectivity index (χ1) is 7.63. The van der Waals surface area contributed by atoms with Crippen molar-refractivity contribution in [2.45, 2.75) is 0 Å². The van der Waals surface area contributed by atoms with Crippen LogP contribution in [0.2, 0.25) is 0 Å². The lowest BCUT2D eigenvalue weighted by Gasteiger charge is -2.11. The molecule has 0 saturated heterocycles. The van der Waals surface area contributed by atoms with E-state index in [-0.39, 0.29) is 11.3 Å². The molecule has 6 heteroatoms. The molecule has 84 valence electrons. The first-order valence-electron chi connectivity index (χ1n) is 4.27. The van der Waals surface area contributed by atoms with Crippen molar-refractivity contribution < 1.29 is 14.3 Å². The van der Waals surface area contributed by atoms with E-state index >= 15 is 0 Å². The van der Waals surface area contributed by atoms with Crippen LogP contribution >= 0.6 is 12.2 Å². The molecule has 0 aliphatic carbocycles. The summed E-state index contributed by atoms with van der Waals surface area (Å²) in [6.45, 7) is 0. The fourth-order valence-corrected chi connectivity index (χ4v) is 1.36. The number of carbonyl (C=O) groups excluding carboxylic acids is 1. The zero-order chi connectivity index (χ0) is 12.1. The van der Waals surface area contributed by atoms with Gasteiger partial charge in [-0.15, -0.1) is 0 Å². The van der Waals surface area contributed by atoms with Crippen molar-refractivity contribution in [2.24, 2.45) is 10.7 Å². The van der Waals surface area contributed by atoms with Crippen LogP contribution in [0.4, 0.5) is 5.69 Å². The second kappa shape index (κ2) is 5.25. The molecule has 0 heterocycles. The molecule has 1 amide bonds. The maximum Gasteiger partial charge on any atom is 0.252 e.